The monoisotopic (exact) mass is 397 g/mol. The number of rotatable bonds is 4. The number of carbonyl (C=O) groups excluding carboxylic acids is 1. The first-order valence-corrected chi connectivity index (χ1v) is 7.55. The van der Waals surface area contributed by atoms with E-state index in [9.17, 15) is 4.79 Å². The maximum absolute atomic E-state index is 12.1. The van der Waals surface area contributed by atoms with Crippen LogP contribution in [0.5, 0.6) is 5.75 Å². The molecule has 0 atom stereocenters. The van der Waals surface area contributed by atoms with E-state index in [-0.39, 0.29) is 5.91 Å². The second-order valence-corrected chi connectivity index (χ2v) is 6.03. The van der Waals surface area contributed by atoms with E-state index in [1.807, 2.05) is 36.4 Å². The largest absolute Gasteiger partial charge is 0.495 e. The highest BCUT2D eigenvalue weighted by Gasteiger charge is 2.09. The molecule has 1 amide bonds. The molecule has 104 valence electrons. The predicted octanol–water partition coefficient (Wildman–Crippen LogP) is 4.40. The first-order valence-electron chi connectivity index (χ1n) is 5.96. The average Bonchev–Trinajstić information content (AvgIpc) is 2.41. The van der Waals surface area contributed by atoms with Gasteiger partial charge in [-0.15, -0.1) is 0 Å². The molecule has 1 N–H and O–H groups in total. The fraction of sp³-hybridized carbons (Fsp3) is 0.133. The molecule has 0 heterocycles. The summed E-state index contributed by atoms with van der Waals surface area (Å²) in [6.07, 6.45) is 0.322. The quantitative estimate of drug-likeness (QED) is 0.828. The van der Waals surface area contributed by atoms with Crippen molar-refractivity contribution in [3.63, 3.8) is 0 Å². The lowest BCUT2D eigenvalue weighted by Crippen LogP contribution is -2.15. The number of benzene rings is 2. The molecule has 0 fully saturated rings. The number of amides is 1. The van der Waals surface area contributed by atoms with Crippen LogP contribution in [0, 0.1) is 0 Å². The van der Waals surface area contributed by atoms with Gasteiger partial charge in [0.2, 0.25) is 5.91 Å². The van der Waals surface area contributed by atoms with E-state index in [4.69, 9.17) is 4.74 Å². The lowest BCUT2D eigenvalue weighted by molar-refractivity contribution is -0.115. The van der Waals surface area contributed by atoms with Crippen molar-refractivity contribution in [1.82, 2.24) is 0 Å². The summed E-state index contributed by atoms with van der Waals surface area (Å²) in [4.78, 5) is 12.1. The molecule has 0 unspecified atom stereocenters. The maximum atomic E-state index is 12.1. The summed E-state index contributed by atoms with van der Waals surface area (Å²) < 4.78 is 7.11. The van der Waals surface area contributed by atoms with E-state index in [2.05, 4.69) is 37.2 Å². The van der Waals surface area contributed by atoms with Crippen LogP contribution in [0.4, 0.5) is 5.69 Å². The molecule has 0 radical (unpaired) electrons. The van der Waals surface area contributed by atoms with Crippen LogP contribution in [0.15, 0.2) is 51.4 Å². The number of ether oxygens (including phenoxy) is 1. The van der Waals surface area contributed by atoms with Gasteiger partial charge >= 0.3 is 0 Å². The molecule has 0 saturated heterocycles. The van der Waals surface area contributed by atoms with Crippen LogP contribution in [0.1, 0.15) is 5.56 Å². The van der Waals surface area contributed by atoms with Gasteiger partial charge in [-0.2, -0.15) is 0 Å². The second-order valence-electron chi connectivity index (χ2n) is 4.20. The highest BCUT2D eigenvalue weighted by Crippen LogP contribution is 2.28. The minimum atomic E-state index is -0.0799. The Morgan fingerprint density at radius 1 is 1.10 bits per heavy atom. The van der Waals surface area contributed by atoms with Gasteiger partial charge in [0.05, 0.1) is 19.2 Å². The van der Waals surface area contributed by atoms with Crippen LogP contribution >= 0.6 is 31.9 Å². The molecular weight excluding hydrogens is 386 g/mol. The molecule has 0 saturated carbocycles. The summed E-state index contributed by atoms with van der Waals surface area (Å²) >= 11 is 6.75. The highest BCUT2D eigenvalue weighted by molar-refractivity contribution is 9.10. The number of methoxy groups -OCH3 is 1. The molecular formula is C15H13Br2NO2. The van der Waals surface area contributed by atoms with Crippen LogP contribution in [-0.4, -0.2) is 13.0 Å². The summed E-state index contributed by atoms with van der Waals surface area (Å²) in [7, 11) is 1.58. The molecule has 0 aromatic heterocycles. The lowest BCUT2D eigenvalue weighted by atomic mass is 10.1. The zero-order valence-corrected chi connectivity index (χ0v) is 14.0. The highest BCUT2D eigenvalue weighted by atomic mass is 79.9. The van der Waals surface area contributed by atoms with E-state index in [0.717, 1.165) is 14.5 Å². The van der Waals surface area contributed by atoms with E-state index < -0.39 is 0 Å². The van der Waals surface area contributed by atoms with Gasteiger partial charge < -0.3 is 10.1 Å². The Labute approximate surface area is 134 Å². The summed E-state index contributed by atoms with van der Waals surface area (Å²) in [6, 6.07) is 13.2. The third-order valence-corrected chi connectivity index (χ3v) is 3.74. The number of anilines is 1. The lowest BCUT2D eigenvalue weighted by Gasteiger charge is -2.10. The zero-order chi connectivity index (χ0) is 14.5. The van der Waals surface area contributed by atoms with Crippen molar-refractivity contribution < 1.29 is 9.53 Å². The van der Waals surface area contributed by atoms with E-state index in [1.54, 1.807) is 13.2 Å². The van der Waals surface area contributed by atoms with Crippen molar-refractivity contribution in [2.24, 2.45) is 0 Å². The molecule has 20 heavy (non-hydrogen) atoms. The first-order chi connectivity index (χ1) is 9.58. The minimum absolute atomic E-state index is 0.0799. The summed E-state index contributed by atoms with van der Waals surface area (Å²) in [6.45, 7) is 0. The maximum Gasteiger partial charge on any atom is 0.228 e. The SMILES string of the molecule is COc1ccc(Br)cc1NC(=O)Cc1ccc(Br)cc1. The van der Waals surface area contributed by atoms with Crippen molar-refractivity contribution in [1.29, 1.82) is 0 Å². The van der Waals surface area contributed by atoms with Crippen LogP contribution in [0.3, 0.4) is 0 Å². The van der Waals surface area contributed by atoms with Crippen molar-refractivity contribution in [3.05, 3.63) is 57.0 Å². The molecule has 2 aromatic carbocycles. The van der Waals surface area contributed by atoms with Crippen molar-refractivity contribution in [2.45, 2.75) is 6.42 Å². The van der Waals surface area contributed by atoms with E-state index in [1.165, 1.54) is 0 Å². The van der Waals surface area contributed by atoms with Gasteiger partial charge in [0.1, 0.15) is 5.75 Å². The molecule has 2 rings (SSSR count). The van der Waals surface area contributed by atoms with Crippen molar-refractivity contribution in [2.75, 3.05) is 12.4 Å². The molecule has 2 aromatic rings. The first kappa shape index (κ1) is 15.1. The minimum Gasteiger partial charge on any atom is -0.495 e. The Bertz CT molecular complexity index is 612. The fourth-order valence-electron chi connectivity index (χ4n) is 1.76. The Morgan fingerprint density at radius 2 is 1.75 bits per heavy atom. The summed E-state index contributed by atoms with van der Waals surface area (Å²) in [5.74, 6) is 0.557. The van der Waals surface area contributed by atoms with Gasteiger partial charge in [-0.05, 0) is 35.9 Å². The van der Waals surface area contributed by atoms with Gasteiger partial charge in [0, 0.05) is 8.95 Å². The van der Waals surface area contributed by atoms with Gasteiger partial charge in [0.25, 0.3) is 0 Å². The van der Waals surface area contributed by atoms with Crippen LogP contribution in [-0.2, 0) is 11.2 Å². The third-order valence-electron chi connectivity index (χ3n) is 2.71. The number of hydrogen-bond acceptors (Lipinski definition) is 2. The number of hydrogen-bond donors (Lipinski definition) is 1. The predicted molar refractivity (Wildman–Crippen MR) is 87.2 cm³/mol. The summed E-state index contributed by atoms with van der Waals surface area (Å²) in [5, 5.41) is 2.86. The molecule has 0 aliphatic carbocycles. The van der Waals surface area contributed by atoms with Gasteiger partial charge in [-0.3, -0.25) is 4.79 Å². The van der Waals surface area contributed by atoms with Crippen LogP contribution in [0.25, 0.3) is 0 Å². The molecule has 0 aliphatic rings. The Morgan fingerprint density at radius 3 is 2.40 bits per heavy atom. The molecule has 0 aliphatic heterocycles. The topological polar surface area (TPSA) is 38.3 Å². The van der Waals surface area contributed by atoms with E-state index in [0.29, 0.717) is 17.9 Å². The fourth-order valence-corrected chi connectivity index (χ4v) is 2.39. The van der Waals surface area contributed by atoms with E-state index >= 15 is 0 Å². The van der Waals surface area contributed by atoms with Crippen LogP contribution < -0.4 is 10.1 Å². The molecule has 3 nitrogen and oxygen atoms in total. The molecule has 5 heteroatoms. The smallest absolute Gasteiger partial charge is 0.228 e. The number of carbonyl (C=O) groups is 1. The number of halogens is 2. The van der Waals surface area contributed by atoms with Gasteiger partial charge in [-0.1, -0.05) is 44.0 Å². The Kier molecular flexibility index (Phi) is 5.20. The van der Waals surface area contributed by atoms with Crippen molar-refractivity contribution in [3.8, 4) is 5.75 Å². The summed E-state index contributed by atoms with van der Waals surface area (Å²) in [5.41, 5.74) is 1.61. The third kappa shape index (κ3) is 4.08. The Balaban J connectivity index is 2.08. The standard InChI is InChI=1S/C15H13Br2NO2/c1-20-14-7-6-12(17)9-13(14)18-15(19)8-10-2-4-11(16)5-3-10/h2-7,9H,8H2,1H3,(H,18,19). The van der Waals surface area contributed by atoms with Crippen LogP contribution in [0.2, 0.25) is 0 Å². The zero-order valence-electron chi connectivity index (χ0n) is 10.8. The normalized spacial score (nSPS) is 10.2. The van der Waals surface area contributed by atoms with Gasteiger partial charge in [-0.25, -0.2) is 0 Å². The second kappa shape index (κ2) is 6.90. The number of nitrogens with one attached hydrogen (secondary N) is 1. The average molecular weight is 399 g/mol. The molecule has 0 spiro atoms. The Hall–Kier alpha value is -1.33. The van der Waals surface area contributed by atoms with Crippen molar-refractivity contribution >= 4 is 43.5 Å². The molecule has 0 bridgehead atoms. The van der Waals surface area contributed by atoms with Gasteiger partial charge in [0.15, 0.2) is 0 Å².